The number of pyridine rings is 2. The minimum atomic E-state index is -0.539. The van der Waals surface area contributed by atoms with E-state index in [1.54, 1.807) is 10.6 Å². The van der Waals surface area contributed by atoms with Crippen molar-refractivity contribution in [1.82, 2.24) is 29.1 Å². The molecular weight excluding hydrogens is 410 g/mol. The quantitative estimate of drug-likeness (QED) is 0.527. The fourth-order valence-corrected chi connectivity index (χ4v) is 6.33. The Kier molecular flexibility index (Phi) is 4.73. The first-order valence-electron chi connectivity index (χ1n) is 10.5. The minimum Gasteiger partial charge on any atom is -0.323 e. The van der Waals surface area contributed by atoms with Gasteiger partial charge in [0.25, 0.3) is 5.56 Å². The van der Waals surface area contributed by atoms with E-state index < -0.39 is 10.0 Å². The summed E-state index contributed by atoms with van der Waals surface area (Å²) >= 11 is 0. The fourth-order valence-electron chi connectivity index (χ4n) is 4.31. The molecule has 162 valence electrons. The Bertz CT molecular complexity index is 1350. The van der Waals surface area contributed by atoms with Crippen molar-refractivity contribution in [2.45, 2.75) is 32.7 Å². The molecule has 0 bridgehead atoms. The maximum atomic E-state index is 13.0. The van der Waals surface area contributed by atoms with E-state index in [4.69, 9.17) is 4.98 Å². The normalized spacial score (nSPS) is 17.8. The third kappa shape index (κ3) is 3.67. The molecular formula is C22H27N7OS. The summed E-state index contributed by atoms with van der Waals surface area (Å²) in [5.74, 6) is 2.84. The topological polar surface area (TPSA) is 90.0 Å². The average Bonchev–Trinajstić information content (AvgIpc) is 3.16. The number of aryl methyl sites for hydroxylation is 2. The van der Waals surface area contributed by atoms with Crippen LogP contribution < -0.4 is 10.9 Å². The van der Waals surface area contributed by atoms with Gasteiger partial charge in [-0.25, -0.2) is 24.5 Å². The lowest BCUT2D eigenvalue weighted by Crippen LogP contribution is -2.31. The summed E-state index contributed by atoms with van der Waals surface area (Å²) < 4.78 is 3.61. The van der Waals surface area contributed by atoms with Crippen molar-refractivity contribution < 1.29 is 0 Å². The molecule has 1 saturated heterocycles. The highest BCUT2D eigenvalue weighted by atomic mass is 32.3. The highest BCUT2D eigenvalue weighted by Crippen LogP contribution is 2.47. The second-order valence-corrected chi connectivity index (χ2v) is 13.3. The van der Waals surface area contributed by atoms with Crippen LogP contribution in [0.15, 0.2) is 35.6 Å². The summed E-state index contributed by atoms with van der Waals surface area (Å²) in [4.78, 5) is 26.6. The minimum absolute atomic E-state index is 0.0228. The zero-order valence-corrected chi connectivity index (χ0v) is 19.1. The van der Waals surface area contributed by atoms with E-state index in [1.807, 2.05) is 36.9 Å². The summed E-state index contributed by atoms with van der Waals surface area (Å²) in [5, 5.41) is 8.43. The average molecular weight is 438 g/mol. The third-order valence-electron chi connectivity index (χ3n) is 6.24. The Hall–Kier alpha value is -2.94. The molecule has 0 saturated carbocycles. The molecule has 9 heteroatoms. The van der Waals surface area contributed by atoms with Gasteiger partial charge in [0.15, 0.2) is 5.65 Å². The van der Waals surface area contributed by atoms with Crippen LogP contribution in [0.4, 0.5) is 11.6 Å². The molecule has 1 N–H and O–H groups in total. The molecule has 0 aromatic carbocycles. The first-order chi connectivity index (χ1) is 14.8. The van der Waals surface area contributed by atoms with Gasteiger partial charge in [-0.1, -0.05) is 0 Å². The van der Waals surface area contributed by atoms with Gasteiger partial charge < -0.3 is 5.32 Å². The SMILES string of the molecule is Cc1cc2ncnn2cc1Nc1ncc2c(C)cc(=O)n(C3CCS(C)(C)CC3)c2n1. The van der Waals surface area contributed by atoms with Crippen LogP contribution in [0.1, 0.15) is 30.0 Å². The zero-order valence-electron chi connectivity index (χ0n) is 18.3. The summed E-state index contributed by atoms with van der Waals surface area (Å²) in [6.07, 6.45) is 12.0. The van der Waals surface area contributed by atoms with Crippen molar-refractivity contribution in [3.05, 3.63) is 52.3 Å². The molecule has 0 aliphatic carbocycles. The van der Waals surface area contributed by atoms with Crippen LogP contribution in [0.25, 0.3) is 16.7 Å². The predicted octanol–water partition coefficient (Wildman–Crippen LogP) is 3.59. The van der Waals surface area contributed by atoms with E-state index >= 15 is 0 Å². The van der Waals surface area contributed by atoms with Gasteiger partial charge in [-0.15, -0.1) is 0 Å². The molecule has 1 aliphatic rings. The van der Waals surface area contributed by atoms with Crippen molar-refractivity contribution >= 4 is 38.3 Å². The van der Waals surface area contributed by atoms with Gasteiger partial charge in [-0.05, 0) is 67.9 Å². The standard InChI is InChI=1S/C22H27N7OS/c1-14-10-20(30)29(16-5-7-31(3,4)8-6-16)21-17(14)11-23-22(27-21)26-18-12-28-19(9-15(18)2)24-13-25-28/h9-13,16H,5-8H2,1-4H3,(H,23,26,27). The summed E-state index contributed by atoms with van der Waals surface area (Å²) in [6, 6.07) is 3.86. The predicted molar refractivity (Wildman–Crippen MR) is 127 cm³/mol. The molecule has 1 aliphatic heterocycles. The maximum absolute atomic E-state index is 13.0. The number of nitrogens with one attached hydrogen (secondary N) is 1. The van der Waals surface area contributed by atoms with E-state index in [0.717, 1.165) is 40.7 Å². The Balaban J connectivity index is 1.58. The van der Waals surface area contributed by atoms with Gasteiger partial charge in [0.05, 0.1) is 11.9 Å². The molecule has 0 radical (unpaired) electrons. The monoisotopic (exact) mass is 437 g/mol. The van der Waals surface area contributed by atoms with Crippen LogP contribution in [0.3, 0.4) is 0 Å². The molecule has 4 aromatic rings. The van der Waals surface area contributed by atoms with E-state index in [2.05, 4.69) is 32.9 Å². The lowest BCUT2D eigenvalue weighted by Gasteiger charge is -2.39. The molecule has 4 aromatic heterocycles. The summed E-state index contributed by atoms with van der Waals surface area (Å²) in [6.45, 7) is 3.95. The number of aromatic nitrogens is 6. The number of rotatable bonds is 3. The molecule has 5 rings (SSSR count). The smallest absolute Gasteiger partial charge is 0.252 e. The second-order valence-electron chi connectivity index (χ2n) is 8.93. The van der Waals surface area contributed by atoms with E-state index in [-0.39, 0.29) is 11.6 Å². The van der Waals surface area contributed by atoms with Crippen LogP contribution in [-0.2, 0) is 0 Å². The van der Waals surface area contributed by atoms with Crippen LogP contribution in [-0.4, -0.2) is 53.2 Å². The van der Waals surface area contributed by atoms with Crippen LogP contribution in [0, 0.1) is 13.8 Å². The lowest BCUT2D eigenvalue weighted by atomic mass is 10.1. The molecule has 5 heterocycles. The molecule has 0 unspecified atom stereocenters. The Morgan fingerprint density at radius 1 is 1.10 bits per heavy atom. The van der Waals surface area contributed by atoms with Crippen molar-refractivity contribution in [2.24, 2.45) is 0 Å². The van der Waals surface area contributed by atoms with Crippen molar-refractivity contribution in [2.75, 3.05) is 29.3 Å². The molecule has 0 spiro atoms. The molecule has 0 atom stereocenters. The molecule has 0 amide bonds. The lowest BCUT2D eigenvalue weighted by molar-refractivity contribution is 0.464. The number of nitrogens with zero attached hydrogens (tertiary/aromatic N) is 6. The maximum Gasteiger partial charge on any atom is 0.252 e. The van der Waals surface area contributed by atoms with Crippen molar-refractivity contribution in [3.63, 3.8) is 0 Å². The van der Waals surface area contributed by atoms with Crippen molar-refractivity contribution in [3.8, 4) is 0 Å². The Morgan fingerprint density at radius 3 is 2.65 bits per heavy atom. The molecule has 8 nitrogen and oxygen atoms in total. The Labute approximate surface area is 182 Å². The number of hydrogen-bond acceptors (Lipinski definition) is 6. The van der Waals surface area contributed by atoms with E-state index in [0.29, 0.717) is 11.6 Å². The van der Waals surface area contributed by atoms with Gasteiger partial charge in [-0.3, -0.25) is 9.36 Å². The zero-order chi connectivity index (χ0) is 21.8. The summed E-state index contributed by atoms with van der Waals surface area (Å²) in [5.41, 5.74) is 4.29. The van der Waals surface area contributed by atoms with Gasteiger partial charge in [0.1, 0.15) is 12.0 Å². The third-order valence-corrected chi connectivity index (χ3v) is 8.92. The van der Waals surface area contributed by atoms with Gasteiger partial charge in [0, 0.05) is 23.7 Å². The van der Waals surface area contributed by atoms with Gasteiger partial charge in [0.2, 0.25) is 5.95 Å². The van der Waals surface area contributed by atoms with E-state index in [1.165, 1.54) is 17.8 Å². The first-order valence-corrected chi connectivity index (χ1v) is 13.2. The fraction of sp³-hybridized carbons (Fsp3) is 0.409. The largest absolute Gasteiger partial charge is 0.323 e. The molecule has 1 fully saturated rings. The van der Waals surface area contributed by atoms with Crippen LogP contribution in [0.5, 0.6) is 0 Å². The van der Waals surface area contributed by atoms with Gasteiger partial charge in [-0.2, -0.15) is 10.1 Å². The van der Waals surface area contributed by atoms with Crippen molar-refractivity contribution in [1.29, 1.82) is 0 Å². The number of fused-ring (bicyclic) bond motifs is 2. The molecule has 31 heavy (non-hydrogen) atoms. The van der Waals surface area contributed by atoms with Gasteiger partial charge >= 0.3 is 0 Å². The number of hydrogen-bond donors (Lipinski definition) is 1. The highest BCUT2D eigenvalue weighted by molar-refractivity contribution is 8.32. The Morgan fingerprint density at radius 2 is 1.87 bits per heavy atom. The van der Waals surface area contributed by atoms with Crippen LogP contribution in [0.2, 0.25) is 0 Å². The van der Waals surface area contributed by atoms with Crippen LogP contribution >= 0.6 is 10.0 Å². The van der Waals surface area contributed by atoms with E-state index in [9.17, 15) is 4.79 Å². The first kappa shape index (κ1) is 20.0. The highest BCUT2D eigenvalue weighted by Gasteiger charge is 2.26. The summed E-state index contributed by atoms with van der Waals surface area (Å²) in [7, 11) is -0.539. The second kappa shape index (κ2) is 7.33. The number of anilines is 2.